The number of thiazole rings is 1. The highest BCUT2D eigenvalue weighted by Crippen LogP contribution is 2.33. The van der Waals surface area contributed by atoms with Gasteiger partial charge < -0.3 is 4.57 Å². The maximum Gasteiger partial charge on any atom is 0.270 e. The lowest BCUT2D eigenvalue weighted by Crippen LogP contribution is -2.31. The van der Waals surface area contributed by atoms with Gasteiger partial charge in [0.1, 0.15) is 0 Å². The molecule has 0 radical (unpaired) electrons. The van der Waals surface area contributed by atoms with Crippen molar-refractivity contribution in [3.8, 4) is 0 Å². The fraction of sp³-hybridized carbons (Fsp3) is 0.250. The van der Waals surface area contributed by atoms with Crippen molar-refractivity contribution in [1.29, 1.82) is 0 Å². The van der Waals surface area contributed by atoms with Crippen LogP contribution in [0.4, 0.5) is 5.13 Å². The number of hydrogen-bond acceptors (Lipinski definition) is 5. The number of benzene rings is 1. The number of rotatable bonds is 6. The summed E-state index contributed by atoms with van der Waals surface area (Å²) in [5, 5.41) is 2.70. The Morgan fingerprint density at radius 3 is 2.93 bits per heavy atom. The van der Waals surface area contributed by atoms with E-state index in [0.29, 0.717) is 6.54 Å². The van der Waals surface area contributed by atoms with Crippen LogP contribution < -0.4 is 4.90 Å². The first-order valence-corrected chi connectivity index (χ1v) is 10.5. The quantitative estimate of drug-likeness (QED) is 0.465. The lowest BCUT2D eigenvalue weighted by atomic mass is 10.1. The fourth-order valence-electron chi connectivity index (χ4n) is 3.12. The summed E-state index contributed by atoms with van der Waals surface area (Å²) < 4.78 is 3.15. The highest BCUT2D eigenvalue weighted by Gasteiger charge is 2.22. The Kier molecular flexibility index (Phi) is 5.05. The number of aromatic nitrogens is 3. The first-order valence-electron chi connectivity index (χ1n) is 8.81. The third kappa shape index (κ3) is 3.79. The lowest BCUT2D eigenvalue weighted by molar-refractivity contribution is 0.0990. The van der Waals surface area contributed by atoms with Gasteiger partial charge in [-0.3, -0.25) is 9.69 Å². The van der Waals surface area contributed by atoms with E-state index in [0.717, 1.165) is 38.8 Å². The second kappa shape index (κ2) is 7.62. The van der Waals surface area contributed by atoms with E-state index in [2.05, 4.69) is 31.0 Å². The van der Waals surface area contributed by atoms with E-state index in [-0.39, 0.29) is 5.91 Å². The van der Waals surface area contributed by atoms with Crippen molar-refractivity contribution >= 4 is 43.9 Å². The number of anilines is 1. The normalized spacial score (nSPS) is 11.2. The molecule has 0 aliphatic carbocycles. The Labute approximate surface area is 165 Å². The van der Waals surface area contributed by atoms with Gasteiger partial charge in [-0.1, -0.05) is 23.5 Å². The molecule has 0 bridgehead atoms. The number of carbonyl (C=O) groups excluding carboxylic acids is 1. The second-order valence-corrected chi connectivity index (χ2v) is 8.47. The molecule has 0 saturated carbocycles. The minimum absolute atomic E-state index is 0.0177. The van der Waals surface area contributed by atoms with E-state index >= 15 is 0 Å². The van der Waals surface area contributed by atoms with Crippen LogP contribution in [0.15, 0.2) is 48.4 Å². The van der Waals surface area contributed by atoms with Crippen LogP contribution >= 0.6 is 22.7 Å². The van der Waals surface area contributed by atoms with Crippen molar-refractivity contribution in [3.63, 3.8) is 0 Å². The molecule has 0 N–H and O–H groups in total. The van der Waals surface area contributed by atoms with Gasteiger partial charge in [0.2, 0.25) is 0 Å². The summed E-state index contributed by atoms with van der Waals surface area (Å²) in [4.78, 5) is 24.6. The SMILES string of the molecule is Cc1cc(C)c2nc(N(CCCn3ccnc3)C(=O)c3cccs3)sc2c1. The Hall–Kier alpha value is -2.51. The van der Waals surface area contributed by atoms with Crippen LogP contribution in [0.3, 0.4) is 0 Å². The molecular formula is C20H20N4OS2. The number of carbonyl (C=O) groups is 1. The first kappa shape index (κ1) is 17.9. The van der Waals surface area contributed by atoms with Crippen LogP contribution in [-0.2, 0) is 6.54 Å². The monoisotopic (exact) mass is 396 g/mol. The molecule has 3 aromatic heterocycles. The molecule has 4 rings (SSSR count). The van der Waals surface area contributed by atoms with Gasteiger partial charge in [0, 0.05) is 25.5 Å². The van der Waals surface area contributed by atoms with E-state index in [4.69, 9.17) is 4.98 Å². The van der Waals surface area contributed by atoms with E-state index < -0.39 is 0 Å². The highest BCUT2D eigenvalue weighted by atomic mass is 32.1. The predicted octanol–water partition coefficient (Wildman–Crippen LogP) is 4.91. The van der Waals surface area contributed by atoms with Crippen molar-refractivity contribution in [2.45, 2.75) is 26.8 Å². The van der Waals surface area contributed by atoms with Gasteiger partial charge >= 0.3 is 0 Å². The lowest BCUT2D eigenvalue weighted by Gasteiger charge is -2.19. The fourth-order valence-corrected chi connectivity index (χ4v) is 4.96. The summed E-state index contributed by atoms with van der Waals surface area (Å²) in [7, 11) is 0. The van der Waals surface area contributed by atoms with E-state index in [1.165, 1.54) is 16.9 Å². The van der Waals surface area contributed by atoms with Crippen molar-refractivity contribution in [2.24, 2.45) is 0 Å². The Morgan fingerprint density at radius 2 is 2.19 bits per heavy atom. The summed E-state index contributed by atoms with van der Waals surface area (Å²) in [5.74, 6) is 0.0177. The molecule has 0 unspecified atom stereocenters. The average molecular weight is 397 g/mol. The maximum absolute atomic E-state index is 13.1. The van der Waals surface area contributed by atoms with Crippen LogP contribution in [0.25, 0.3) is 10.2 Å². The van der Waals surface area contributed by atoms with E-state index in [1.807, 2.05) is 33.2 Å². The largest absolute Gasteiger partial charge is 0.337 e. The zero-order valence-corrected chi connectivity index (χ0v) is 16.9. The van der Waals surface area contributed by atoms with Crippen molar-refractivity contribution in [1.82, 2.24) is 14.5 Å². The summed E-state index contributed by atoms with van der Waals surface area (Å²) in [6.45, 7) is 5.60. The zero-order valence-electron chi connectivity index (χ0n) is 15.3. The summed E-state index contributed by atoms with van der Waals surface area (Å²) in [6, 6.07) is 8.06. The van der Waals surface area contributed by atoms with Crippen LogP contribution in [0.5, 0.6) is 0 Å². The maximum atomic E-state index is 13.1. The summed E-state index contributed by atoms with van der Waals surface area (Å²) >= 11 is 3.05. The van der Waals surface area contributed by atoms with Crippen molar-refractivity contribution in [2.75, 3.05) is 11.4 Å². The molecule has 4 aromatic rings. The summed E-state index contributed by atoms with van der Waals surface area (Å²) in [5.41, 5.74) is 3.35. The zero-order chi connectivity index (χ0) is 18.8. The molecule has 3 heterocycles. The molecule has 27 heavy (non-hydrogen) atoms. The number of hydrogen-bond donors (Lipinski definition) is 0. The molecule has 1 aromatic carbocycles. The molecule has 1 amide bonds. The average Bonchev–Trinajstić information content (AvgIpc) is 3.38. The first-order chi connectivity index (χ1) is 13.1. The standard InChI is InChI=1S/C20H20N4OS2/c1-14-11-15(2)18-17(12-14)27-20(22-18)24(19(25)16-5-3-10-26-16)8-4-7-23-9-6-21-13-23/h3,5-6,9-13H,4,7-8H2,1-2H3. The van der Waals surface area contributed by atoms with Crippen LogP contribution in [0.1, 0.15) is 27.2 Å². The van der Waals surface area contributed by atoms with Gasteiger partial charge in [-0.25, -0.2) is 9.97 Å². The molecule has 0 aliphatic heterocycles. The van der Waals surface area contributed by atoms with E-state index in [9.17, 15) is 4.79 Å². The molecule has 5 nitrogen and oxygen atoms in total. The Balaban J connectivity index is 1.64. The van der Waals surface area contributed by atoms with Crippen LogP contribution in [-0.4, -0.2) is 27.0 Å². The number of amides is 1. The Bertz CT molecular complexity index is 1050. The van der Waals surface area contributed by atoms with Gasteiger partial charge in [0.05, 0.1) is 21.4 Å². The van der Waals surface area contributed by atoms with Crippen molar-refractivity contribution in [3.05, 3.63) is 64.4 Å². The number of nitrogens with zero attached hydrogens (tertiary/aromatic N) is 4. The molecular weight excluding hydrogens is 376 g/mol. The molecule has 138 valence electrons. The number of imidazole rings is 1. The van der Waals surface area contributed by atoms with Gasteiger partial charge in [-0.15, -0.1) is 11.3 Å². The highest BCUT2D eigenvalue weighted by molar-refractivity contribution is 7.22. The molecule has 0 aliphatic rings. The minimum atomic E-state index is 0.0177. The minimum Gasteiger partial charge on any atom is -0.337 e. The molecule has 0 spiro atoms. The van der Waals surface area contributed by atoms with Crippen LogP contribution in [0, 0.1) is 13.8 Å². The van der Waals surface area contributed by atoms with Gasteiger partial charge in [-0.05, 0) is 48.9 Å². The second-order valence-electron chi connectivity index (χ2n) is 6.51. The van der Waals surface area contributed by atoms with Gasteiger partial charge in [-0.2, -0.15) is 0 Å². The number of thiophene rings is 1. The summed E-state index contributed by atoms with van der Waals surface area (Å²) in [6.07, 6.45) is 6.35. The van der Waals surface area contributed by atoms with Crippen LogP contribution in [0.2, 0.25) is 0 Å². The molecule has 0 saturated heterocycles. The van der Waals surface area contributed by atoms with E-state index in [1.54, 1.807) is 23.9 Å². The molecule has 7 heteroatoms. The third-order valence-electron chi connectivity index (χ3n) is 4.38. The van der Waals surface area contributed by atoms with Gasteiger partial charge in [0.15, 0.2) is 5.13 Å². The number of fused-ring (bicyclic) bond motifs is 1. The van der Waals surface area contributed by atoms with Crippen molar-refractivity contribution < 1.29 is 4.79 Å². The topological polar surface area (TPSA) is 51.0 Å². The predicted molar refractivity (Wildman–Crippen MR) is 112 cm³/mol. The third-order valence-corrected chi connectivity index (χ3v) is 6.27. The van der Waals surface area contributed by atoms with Gasteiger partial charge in [0.25, 0.3) is 5.91 Å². The number of aryl methyl sites for hydroxylation is 3. The Morgan fingerprint density at radius 1 is 1.30 bits per heavy atom. The molecule has 0 fully saturated rings. The smallest absolute Gasteiger partial charge is 0.270 e. The molecule has 0 atom stereocenters.